The number of hydrogen-bond acceptors (Lipinski definition) is 5. The van der Waals surface area contributed by atoms with Crippen molar-refractivity contribution in [3.63, 3.8) is 0 Å². The molecule has 3 N–H and O–H groups in total. The molecule has 0 radical (unpaired) electrons. The smallest absolute Gasteiger partial charge is 0.354 e. The Morgan fingerprint density at radius 1 is 1.38 bits per heavy atom. The second-order valence-electron chi connectivity index (χ2n) is 4.23. The predicted molar refractivity (Wildman–Crippen MR) is 74.5 cm³/mol. The predicted octanol–water partition coefficient (Wildman–Crippen LogP) is 1.27. The van der Waals surface area contributed by atoms with Crippen LogP contribution in [0.25, 0.3) is 11.1 Å². The van der Waals surface area contributed by atoms with E-state index in [2.05, 4.69) is 4.98 Å². The van der Waals surface area contributed by atoms with E-state index in [9.17, 15) is 15.2 Å². The third-order valence-corrected chi connectivity index (χ3v) is 2.93. The van der Waals surface area contributed by atoms with E-state index in [-0.39, 0.29) is 18.1 Å². The number of hydrogen-bond donors (Lipinski definition) is 3. The van der Waals surface area contributed by atoms with Gasteiger partial charge in [-0.15, -0.1) is 0 Å². The first-order valence-corrected chi connectivity index (χ1v) is 6.34. The SMILES string of the molecule is CCOC(=O)c1cc(-c2ccc(OC)cc2)c([NH+]([O-])O)[nH]1. The van der Waals surface area contributed by atoms with Crippen molar-refractivity contribution in [1.29, 1.82) is 0 Å². The average molecular weight is 292 g/mol. The summed E-state index contributed by atoms with van der Waals surface area (Å²) in [5, 5.41) is 19.4. The van der Waals surface area contributed by atoms with Crippen molar-refractivity contribution in [3.05, 3.63) is 41.2 Å². The van der Waals surface area contributed by atoms with Gasteiger partial charge in [-0.05, 0) is 30.7 Å². The van der Waals surface area contributed by atoms with Crippen molar-refractivity contribution < 1.29 is 24.7 Å². The molecular formula is C14H16N2O5. The quantitative estimate of drug-likeness (QED) is 0.569. The molecule has 1 atom stereocenters. The van der Waals surface area contributed by atoms with E-state index in [1.165, 1.54) is 6.07 Å². The number of H-pyrrole nitrogens is 1. The number of esters is 1. The molecular weight excluding hydrogens is 276 g/mol. The molecule has 0 saturated carbocycles. The molecule has 0 aliphatic carbocycles. The largest absolute Gasteiger partial charge is 0.594 e. The van der Waals surface area contributed by atoms with E-state index in [1.807, 2.05) is 0 Å². The Balaban J connectivity index is 2.42. The number of rotatable bonds is 5. The van der Waals surface area contributed by atoms with Crippen molar-refractivity contribution in [2.45, 2.75) is 6.92 Å². The Bertz CT molecular complexity index is 619. The minimum absolute atomic E-state index is 0.0526. The number of carbonyl (C=O) groups is 1. The van der Waals surface area contributed by atoms with Gasteiger partial charge in [0, 0.05) is 0 Å². The molecule has 21 heavy (non-hydrogen) atoms. The summed E-state index contributed by atoms with van der Waals surface area (Å²) < 4.78 is 9.93. The molecule has 0 aliphatic rings. The lowest BCUT2D eigenvalue weighted by Crippen LogP contribution is -2.99. The highest BCUT2D eigenvalue weighted by molar-refractivity contribution is 5.91. The minimum Gasteiger partial charge on any atom is -0.594 e. The van der Waals surface area contributed by atoms with Crippen LogP contribution in [-0.4, -0.2) is 29.9 Å². The molecule has 0 aliphatic heterocycles. The Morgan fingerprint density at radius 3 is 2.57 bits per heavy atom. The Labute approximate surface area is 121 Å². The number of aromatic nitrogens is 1. The molecule has 7 heteroatoms. The van der Waals surface area contributed by atoms with E-state index >= 15 is 0 Å². The van der Waals surface area contributed by atoms with Gasteiger partial charge in [0.1, 0.15) is 11.4 Å². The fourth-order valence-electron chi connectivity index (χ4n) is 1.94. The van der Waals surface area contributed by atoms with Crippen molar-refractivity contribution in [1.82, 2.24) is 4.98 Å². The first-order chi connectivity index (χ1) is 10.1. The van der Waals surface area contributed by atoms with Gasteiger partial charge in [-0.25, -0.2) is 10.0 Å². The second-order valence-corrected chi connectivity index (χ2v) is 4.23. The molecule has 0 amide bonds. The van der Waals surface area contributed by atoms with E-state index < -0.39 is 11.2 Å². The first-order valence-electron chi connectivity index (χ1n) is 6.34. The van der Waals surface area contributed by atoms with Crippen LogP contribution in [0.4, 0.5) is 5.82 Å². The van der Waals surface area contributed by atoms with E-state index in [0.717, 1.165) is 0 Å². The molecule has 7 nitrogen and oxygen atoms in total. The number of benzene rings is 1. The van der Waals surface area contributed by atoms with Crippen LogP contribution in [0.5, 0.6) is 5.75 Å². The first kappa shape index (κ1) is 15.0. The van der Waals surface area contributed by atoms with E-state index in [1.54, 1.807) is 38.3 Å². The minimum atomic E-state index is -1.14. The zero-order chi connectivity index (χ0) is 15.4. The van der Waals surface area contributed by atoms with Crippen molar-refractivity contribution in [2.24, 2.45) is 0 Å². The third kappa shape index (κ3) is 3.22. The highest BCUT2D eigenvalue weighted by atomic mass is 16.8. The normalized spacial score (nSPS) is 12.0. The molecule has 1 unspecified atom stereocenters. The second kappa shape index (κ2) is 6.40. The van der Waals surface area contributed by atoms with Crippen LogP contribution in [0.15, 0.2) is 30.3 Å². The van der Waals surface area contributed by atoms with Crippen LogP contribution in [0.2, 0.25) is 0 Å². The van der Waals surface area contributed by atoms with Crippen LogP contribution < -0.4 is 9.96 Å². The summed E-state index contributed by atoms with van der Waals surface area (Å²) in [6.07, 6.45) is 0. The monoisotopic (exact) mass is 292 g/mol. The van der Waals surface area contributed by atoms with E-state index in [4.69, 9.17) is 9.47 Å². The molecule has 2 aromatic rings. The van der Waals surface area contributed by atoms with E-state index in [0.29, 0.717) is 16.9 Å². The van der Waals surface area contributed by atoms with Gasteiger partial charge in [-0.1, -0.05) is 12.1 Å². The van der Waals surface area contributed by atoms with Crippen molar-refractivity contribution in [3.8, 4) is 16.9 Å². The molecule has 0 bridgehead atoms. The summed E-state index contributed by atoms with van der Waals surface area (Å²) >= 11 is 0. The lowest BCUT2D eigenvalue weighted by atomic mass is 10.1. The van der Waals surface area contributed by atoms with Crippen LogP contribution in [0, 0.1) is 5.21 Å². The lowest BCUT2D eigenvalue weighted by molar-refractivity contribution is -0.992. The maximum absolute atomic E-state index is 11.7. The maximum Gasteiger partial charge on any atom is 0.354 e. The Kier molecular flexibility index (Phi) is 4.59. The van der Waals surface area contributed by atoms with Gasteiger partial charge >= 0.3 is 5.97 Å². The van der Waals surface area contributed by atoms with Gasteiger partial charge in [0.05, 0.1) is 19.3 Å². The molecule has 1 heterocycles. The molecule has 0 fully saturated rings. The molecule has 0 spiro atoms. The van der Waals surface area contributed by atoms with Gasteiger partial charge in [-0.3, -0.25) is 0 Å². The number of aromatic amines is 1. The average Bonchev–Trinajstić information content (AvgIpc) is 2.93. The van der Waals surface area contributed by atoms with Crippen LogP contribution >= 0.6 is 0 Å². The third-order valence-electron chi connectivity index (χ3n) is 2.93. The maximum atomic E-state index is 11.7. The zero-order valence-corrected chi connectivity index (χ0v) is 11.7. The summed E-state index contributed by atoms with van der Waals surface area (Å²) in [4.78, 5) is 14.3. The van der Waals surface area contributed by atoms with Crippen molar-refractivity contribution in [2.75, 3.05) is 13.7 Å². The van der Waals surface area contributed by atoms with Gasteiger partial charge in [0.15, 0.2) is 0 Å². The molecule has 112 valence electrons. The van der Waals surface area contributed by atoms with Crippen LogP contribution in [0.3, 0.4) is 0 Å². The number of nitrogens with one attached hydrogen (secondary N) is 2. The van der Waals surface area contributed by atoms with Gasteiger partial charge < -0.3 is 19.7 Å². The summed E-state index contributed by atoms with van der Waals surface area (Å²) in [7, 11) is 1.55. The summed E-state index contributed by atoms with van der Waals surface area (Å²) in [6.45, 7) is 1.90. The van der Waals surface area contributed by atoms with Crippen LogP contribution in [-0.2, 0) is 4.74 Å². The number of carbonyl (C=O) groups excluding carboxylic acids is 1. The number of methoxy groups -OCH3 is 1. The topological polar surface area (TPSA) is 99.1 Å². The Morgan fingerprint density at radius 2 is 2.05 bits per heavy atom. The van der Waals surface area contributed by atoms with Gasteiger partial charge in [0.25, 0.3) is 0 Å². The standard InChI is InChI=1S/C14H16N2O5/c1-3-21-14(17)12-8-11(13(15-12)16(18)19)9-4-6-10(20-2)7-5-9/h4-8,15-16,18H,3H2,1-2H3. The number of ether oxygens (including phenoxy) is 2. The van der Waals surface area contributed by atoms with Crippen molar-refractivity contribution >= 4 is 11.8 Å². The highest BCUT2D eigenvalue weighted by Crippen LogP contribution is 2.28. The fraction of sp³-hybridized carbons (Fsp3) is 0.214. The summed E-state index contributed by atoms with van der Waals surface area (Å²) in [5.41, 5.74) is 1.20. The summed E-state index contributed by atoms with van der Waals surface area (Å²) in [6, 6.07) is 8.37. The lowest BCUT2D eigenvalue weighted by Gasteiger charge is -2.11. The zero-order valence-electron chi connectivity index (χ0n) is 11.7. The number of quaternary nitrogens is 1. The highest BCUT2D eigenvalue weighted by Gasteiger charge is 2.20. The molecule has 2 rings (SSSR count). The molecule has 1 aromatic heterocycles. The fourth-order valence-corrected chi connectivity index (χ4v) is 1.94. The Hall–Kier alpha value is -2.35. The molecule has 1 aromatic carbocycles. The molecule has 0 saturated heterocycles. The van der Waals surface area contributed by atoms with Gasteiger partial charge in [-0.2, -0.15) is 5.23 Å². The summed E-state index contributed by atoms with van der Waals surface area (Å²) in [5.74, 6) is 0.0276. The van der Waals surface area contributed by atoms with Crippen LogP contribution in [0.1, 0.15) is 17.4 Å². The van der Waals surface area contributed by atoms with Gasteiger partial charge in [0.2, 0.25) is 5.82 Å².